The topological polar surface area (TPSA) is 15.3 Å². The molecule has 2 aliphatic rings. The summed E-state index contributed by atoms with van der Waals surface area (Å²) < 4.78 is 13.2. The average molecular weight is 313 g/mol. The van der Waals surface area contributed by atoms with E-state index in [0.717, 1.165) is 37.7 Å². The molecule has 1 saturated carbocycles. The first-order chi connectivity index (χ1) is 9.65. The van der Waals surface area contributed by atoms with E-state index in [1.807, 2.05) is 12.1 Å². The normalized spacial score (nSPS) is 25.1. The molecule has 118 valence electrons. The van der Waals surface area contributed by atoms with Crippen LogP contribution in [-0.2, 0) is 6.42 Å². The molecule has 0 aromatic heterocycles. The zero-order valence-electron chi connectivity index (χ0n) is 12.8. The Morgan fingerprint density at radius 1 is 1.38 bits per heavy atom. The molecule has 2 fully saturated rings. The first-order valence-corrected chi connectivity index (χ1v) is 7.84. The molecule has 0 radical (unpaired) electrons. The van der Waals surface area contributed by atoms with Crippen LogP contribution in [0.4, 0.5) is 4.39 Å². The van der Waals surface area contributed by atoms with Crippen LogP contribution in [0.1, 0.15) is 31.7 Å². The second kappa shape index (κ2) is 7.08. The monoisotopic (exact) mass is 312 g/mol. The van der Waals surface area contributed by atoms with Gasteiger partial charge in [0.1, 0.15) is 5.82 Å². The van der Waals surface area contributed by atoms with Crippen molar-refractivity contribution in [3.8, 4) is 0 Å². The van der Waals surface area contributed by atoms with Crippen LogP contribution in [0.3, 0.4) is 0 Å². The highest BCUT2D eigenvalue weighted by Gasteiger charge is 2.36. The predicted molar refractivity (Wildman–Crippen MR) is 87.5 cm³/mol. The van der Waals surface area contributed by atoms with Gasteiger partial charge in [-0.1, -0.05) is 19.1 Å². The first-order valence-electron chi connectivity index (χ1n) is 7.84. The van der Waals surface area contributed by atoms with Crippen LogP contribution in [0, 0.1) is 11.2 Å². The fourth-order valence-corrected chi connectivity index (χ4v) is 3.29. The van der Waals surface area contributed by atoms with Crippen LogP contribution < -0.4 is 5.32 Å². The summed E-state index contributed by atoms with van der Waals surface area (Å²) in [5.74, 6) is -0.118. The Morgan fingerprint density at radius 2 is 2.19 bits per heavy atom. The molecule has 1 atom stereocenters. The molecule has 0 amide bonds. The van der Waals surface area contributed by atoms with E-state index < -0.39 is 0 Å². The van der Waals surface area contributed by atoms with E-state index in [1.54, 1.807) is 6.07 Å². The summed E-state index contributed by atoms with van der Waals surface area (Å²) in [6, 6.07) is 7.82. The summed E-state index contributed by atoms with van der Waals surface area (Å²) in [4.78, 5) is 2.64. The molecule has 1 aromatic rings. The van der Waals surface area contributed by atoms with Gasteiger partial charge in [0.25, 0.3) is 0 Å². The van der Waals surface area contributed by atoms with Crippen LogP contribution in [0.15, 0.2) is 24.3 Å². The van der Waals surface area contributed by atoms with Gasteiger partial charge in [0.2, 0.25) is 0 Å². The number of rotatable bonds is 6. The maximum Gasteiger partial charge on any atom is 0.123 e. The molecule has 0 bridgehead atoms. The first kappa shape index (κ1) is 16.7. The highest BCUT2D eigenvalue weighted by atomic mass is 35.5. The van der Waals surface area contributed by atoms with Crippen molar-refractivity contribution in [3.63, 3.8) is 0 Å². The van der Waals surface area contributed by atoms with Gasteiger partial charge in [-0.2, -0.15) is 0 Å². The number of hydrogen-bond acceptors (Lipinski definition) is 2. The van der Waals surface area contributed by atoms with Crippen LogP contribution in [0.2, 0.25) is 0 Å². The summed E-state index contributed by atoms with van der Waals surface area (Å²) in [6.07, 6.45) is 4.91. The summed E-state index contributed by atoms with van der Waals surface area (Å²) in [6.45, 7) is 6.92. The molecule has 1 unspecified atom stereocenters. The molecule has 0 spiro atoms. The molecule has 21 heavy (non-hydrogen) atoms. The molecule has 1 aromatic carbocycles. The van der Waals surface area contributed by atoms with Crippen molar-refractivity contribution in [2.45, 2.75) is 38.6 Å². The molecule has 1 N–H and O–H groups in total. The van der Waals surface area contributed by atoms with Crippen molar-refractivity contribution in [2.24, 2.45) is 5.41 Å². The average Bonchev–Trinajstić information content (AvgIpc) is 3.18. The van der Waals surface area contributed by atoms with E-state index in [9.17, 15) is 4.39 Å². The van der Waals surface area contributed by atoms with Gasteiger partial charge >= 0.3 is 0 Å². The van der Waals surface area contributed by atoms with Crippen molar-refractivity contribution in [1.82, 2.24) is 10.2 Å². The minimum Gasteiger partial charge on any atom is -0.316 e. The van der Waals surface area contributed by atoms with Gasteiger partial charge < -0.3 is 5.32 Å². The summed E-state index contributed by atoms with van der Waals surface area (Å²) in [7, 11) is 0. The van der Waals surface area contributed by atoms with E-state index in [4.69, 9.17) is 0 Å². The van der Waals surface area contributed by atoms with E-state index >= 15 is 0 Å². The SMILES string of the molecule is CC1(CN(CCc2cccc(F)c2)C2CC2)CCNC1.Cl. The number of nitrogens with zero attached hydrogens (tertiary/aromatic N) is 1. The highest BCUT2D eigenvalue weighted by Crippen LogP contribution is 2.33. The fourth-order valence-electron chi connectivity index (χ4n) is 3.29. The van der Waals surface area contributed by atoms with Gasteiger partial charge in [-0.25, -0.2) is 4.39 Å². The lowest BCUT2D eigenvalue weighted by Crippen LogP contribution is -2.39. The van der Waals surface area contributed by atoms with Crippen molar-refractivity contribution in [3.05, 3.63) is 35.6 Å². The number of nitrogens with one attached hydrogen (secondary N) is 1. The summed E-state index contributed by atoms with van der Waals surface area (Å²) >= 11 is 0. The lowest BCUT2D eigenvalue weighted by molar-refractivity contribution is 0.171. The smallest absolute Gasteiger partial charge is 0.123 e. The van der Waals surface area contributed by atoms with Gasteiger partial charge in [-0.15, -0.1) is 12.4 Å². The molecule has 2 nitrogen and oxygen atoms in total. The predicted octanol–water partition coefficient (Wildman–Crippen LogP) is 3.25. The Morgan fingerprint density at radius 3 is 2.81 bits per heavy atom. The van der Waals surface area contributed by atoms with Crippen molar-refractivity contribution in [1.29, 1.82) is 0 Å². The van der Waals surface area contributed by atoms with Crippen LogP contribution >= 0.6 is 12.4 Å². The standard InChI is InChI=1S/C17H25FN2.ClH/c1-17(8-9-19-12-17)13-20(16-5-6-16)10-7-14-3-2-4-15(18)11-14;/h2-4,11,16,19H,5-10,12-13H2,1H3;1H. The molecule has 1 heterocycles. The van der Waals surface area contributed by atoms with E-state index in [2.05, 4.69) is 17.1 Å². The van der Waals surface area contributed by atoms with Gasteiger partial charge in [-0.05, 0) is 55.3 Å². The molecule has 1 aliphatic heterocycles. The second-order valence-electron chi connectivity index (χ2n) is 6.82. The van der Waals surface area contributed by atoms with E-state index in [-0.39, 0.29) is 18.2 Å². The number of hydrogen-bond donors (Lipinski definition) is 1. The van der Waals surface area contributed by atoms with Crippen molar-refractivity contribution in [2.75, 3.05) is 26.2 Å². The second-order valence-corrected chi connectivity index (χ2v) is 6.82. The molecule has 4 heteroatoms. The maximum atomic E-state index is 13.2. The molecule has 1 saturated heterocycles. The van der Waals surface area contributed by atoms with Gasteiger partial charge in [-0.3, -0.25) is 4.90 Å². The third-order valence-electron chi connectivity index (χ3n) is 4.68. The Kier molecular flexibility index (Phi) is 5.64. The van der Waals surface area contributed by atoms with Crippen LogP contribution in [0.5, 0.6) is 0 Å². The number of benzene rings is 1. The third kappa shape index (κ3) is 4.67. The zero-order chi connectivity index (χ0) is 14.0. The maximum absolute atomic E-state index is 13.2. The lowest BCUT2D eigenvalue weighted by atomic mass is 9.89. The minimum atomic E-state index is -0.118. The van der Waals surface area contributed by atoms with Gasteiger partial charge in [0.05, 0.1) is 0 Å². The Labute approximate surface area is 133 Å². The molecule has 3 rings (SSSR count). The molecular weight excluding hydrogens is 287 g/mol. The zero-order valence-corrected chi connectivity index (χ0v) is 13.6. The quantitative estimate of drug-likeness (QED) is 0.867. The fraction of sp³-hybridized carbons (Fsp3) is 0.647. The lowest BCUT2D eigenvalue weighted by Gasteiger charge is -2.32. The largest absolute Gasteiger partial charge is 0.316 e. The Balaban J connectivity index is 0.00000161. The van der Waals surface area contributed by atoms with Gasteiger partial charge in [0.15, 0.2) is 0 Å². The van der Waals surface area contributed by atoms with Crippen LogP contribution in [-0.4, -0.2) is 37.1 Å². The van der Waals surface area contributed by atoms with E-state index in [0.29, 0.717) is 5.41 Å². The molecule has 1 aliphatic carbocycles. The summed E-state index contributed by atoms with van der Waals surface area (Å²) in [5, 5.41) is 3.48. The third-order valence-corrected chi connectivity index (χ3v) is 4.68. The Bertz CT molecular complexity index is 456. The van der Waals surface area contributed by atoms with E-state index in [1.165, 1.54) is 31.9 Å². The number of halogens is 2. The summed E-state index contributed by atoms with van der Waals surface area (Å²) in [5.41, 5.74) is 1.54. The Hall–Kier alpha value is -0.640. The van der Waals surface area contributed by atoms with Crippen LogP contribution in [0.25, 0.3) is 0 Å². The van der Waals surface area contributed by atoms with Crippen molar-refractivity contribution < 1.29 is 4.39 Å². The molecular formula is C17H26ClFN2. The highest BCUT2D eigenvalue weighted by molar-refractivity contribution is 5.85. The minimum absolute atomic E-state index is 0. The van der Waals surface area contributed by atoms with Gasteiger partial charge in [0, 0.05) is 25.7 Å². The van der Waals surface area contributed by atoms with Crippen molar-refractivity contribution >= 4 is 12.4 Å².